The summed E-state index contributed by atoms with van der Waals surface area (Å²) in [6, 6.07) is 7.66. The Hall–Kier alpha value is -2.56. The van der Waals surface area contributed by atoms with Crippen molar-refractivity contribution in [3.05, 3.63) is 41.9 Å². The fourth-order valence-electron chi connectivity index (χ4n) is 5.17. The highest BCUT2D eigenvalue weighted by Gasteiger charge is 2.70. The fourth-order valence-corrected chi connectivity index (χ4v) is 5.17. The van der Waals surface area contributed by atoms with E-state index in [-0.39, 0.29) is 5.41 Å². The van der Waals surface area contributed by atoms with Crippen LogP contribution in [0.3, 0.4) is 0 Å². The number of carbonyl (C=O) groups is 1. The third-order valence-electron chi connectivity index (χ3n) is 7.14. The molecule has 5 heteroatoms. The van der Waals surface area contributed by atoms with Gasteiger partial charge in [-0.3, -0.25) is 4.98 Å². The zero-order chi connectivity index (χ0) is 17.6. The fraction of sp³-hybridized carbons (Fsp3) is 0.400. The van der Waals surface area contributed by atoms with Gasteiger partial charge in [0.2, 0.25) is 0 Å². The Bertz CT molecular complexity index is 1090. The van der Waals surface area contributed by atoms with Crippen LogP contribution in [0, 0.1) is 5.41 Å². The maximum atomic E-state index is 12.3. The van der Waals surface area contributed by atoms with E-state index in [1.807, 2.05) is 38.1 Å². The van der Waals surface area contributed by atoms with Crippen LogP contribution in [-0.2, 0) is 15.6 Å². The van der Waals surface area contributed by atoms with E-state index < -0.39 is 16.8 Å². The number of carboxylic acid groups (broad SMARTS) is 1. The van der Waals surface area contributed by atoms with Gasteiger partial charge in [-0.05, 0) is 42.5 Å². The van der Waals surface area contributed by atoms with E-state index >= 15 is 0 Å². The second-order valence-electron chi connectivity index (χ2n) is 8.07. The number of pyridine rings is 1. The lowest BCUT2D eigenvalue weighted by Crippen LogP contribution is -2.52. The molecule has 2 atom stereocenters. The normalized spacial score (nSPS) is 29.2. The minimum atomic E-state index is -1.07. The van der Waals surface area contributed by atoms with Crippen LogP contribution in [0.1, 0.15) is 45.0 Å². The van der Waals surface area contributed by atoms with E-state index in [9.17, 15) is 9.90 Å². The Labute approximate surface area is 145 Å². The number of nitrogens with zero attached hydrogens (tertiary/aromatic N) is 3. The second kappa shape index (κ2) is 4.15. The van der Waals surface area contributed by atoms with Crippen LogP contribution in [0.5, 0.6) is 0 Å². The van der Waals surface area contributed by atoms with Crippen molar-refractivity contribution in [1.29, 1.82) is 0 Å². The molecule has 2 aliphatic rings. The molecule has 2 bridgehead atoms. The average molecular weight is 332 g/mol. The van der Waals surface area contributed by atoms with E-state index in [4.69, 9.17) is 9.97 Å². The summed E-state index contributed by atoms with van der Waals surface area (Å²) in [4.78, 5) is 26.4. The number of hydrogen-bond donors (Lipinski definition) is 0. The molecule has 25 heavy (non-hydrogen) atoms. The van der Waals surface area contributed by atoms with Gasteiger partial charge in [0.15, 0.2) is 0 Å². The highest BCUT2D eigenvalue weighted by atomic mass is 16.4. The summed E-state index contributed by atoms with van der Waals surface area (Å²) in [7, 11) is 0. The maximum absolute atomic E-state index is 12.3. The minimum absolute atomic E-state index is 0.325. The van der Waals surface area contributed by atoms with Crippen LogP contribution < -0.4 is 5.11 Å². The predicted octanol–water partition coefficient (Wildman–Crippen LogP) is 2.26. The number of carbonyl (C=O) groups excluding carboxylic acids is 1. The van der Waals surface area contributed by atoms with Crippen LogP contribution in [0.2, 0.25) is 0 Å². The van der Waals surface area contributed by atoms with Crippen LogP contribution >= 0.6 is 0 Å². The monoisotopic (exact) mass is 332 g/mol. The van der Waals surface area contributed by atoms with Crippen molar-refractivity contribution in [2.24, 2.45) is 5.41 Å². The lowest BCUT2D eigenvalue weighted by atomic mass is 9.64. The SMILES string of the molecule is CC1(C)[C@@]2(C)CC[C@]1(C(=O)[O-])c1nc3ccc4ncccc4c3nc12. The van der Waals surface area contributed by atoms with Crippen LogP contribution in [0.15, 0.2) is 30.5 Å². The van der Waals surface area contributed by atoms with Crippen molar-refractivity contribution in [3.63, 3.8) is 0 Å². The first kappa shape index (κ1) is 14.8. The number of hydrogen-bond acceptors (Lipinski definition) is 5. The van der Waals surface area contributed by atoms with Gasteiger partial charge in [0.1, 0.15) is 0 Å². The molecule has 0 unspecified atom stereocenters. The number of fused-ring (bicyclic) bond motifs is 8. The lowest BCUT2D eigenvalue weighted by Gasteiger charge is -2.41. The summed E-state index contributed by atoms with van der Waals surface area (Å²) in [5, 5.41) is 13.2. The maximum Gasteiger partial charge on any atom is 0.0984 e. The third-order valence-corrected chi connectivity index (χ3v) is 7.14. The molecule has 3 aromatic rings. The van der Waals surface area contributed by atoms with Gasteiger partial charge in [0, 0.05) is 17.0 Å². The zero-order valence-electron chi connectivity index (χ0n) is 14.5. The van der Waals surface area contributed by atoms with Crippen molar-refractivity contribution >= 4 is 27.9 Å². The Morgan fingerprint density at radius 1 is 1.04 bits per heavy atom. The Balaban J connectivity index is 1.95. The summed E-state index contributed by atoms with van der Waals surface area (Å²) in [5.41, 5.74) is 1.91. The molecule has 1 aromatic carbocycles. The van der Waals surface area contributed by atoms with E-state index in [1.165, 1.54) is 0 Å². The number of carboxylic acids is 1. The second-order valence-corrected chi connectivity index (χ2v) is 8.07. The molecular formula is C20H18N3O2-. The highest BCUT2D eigenvalue weighted by Crippen LogP contribution is 2.69. The van der Waals surface area contributed by atoms with Crippen molar-refractivity contribution in [1.82, 2.24) is 15.0 Å². The summed E-state index contributed by atoms with van der Waals surface area (Å²) in [6.45, 7) is 6.15. The molecule has 1 saturated carbocycles. The van der Waals surface area contributed by atoms with E-state index in [2.05, 4.69) is 11.9 Å². The van der Waals surface area contributed by atoms with Gasteiger partial charge in [-0.15, -0.1) is 0 Å². The molecule has 0 spiro atoms. The highest BCUT2D eigenvalue weighted by molar-refractivity contribution is 6.02. The molecule has 126 valence electrons. The van der Waals surface area contributed by atoms with Crippen molar-refractivity contribution in [3.8, 4) is 0 Å². The predicted molar refractivity (Wildman–Crippen MR) is 91.9 cm³/mol. The molecule has 2 aliphatic carbocycles. The molecular weight excluding hydrogens is 314 g/mol. The summed E-state index contributed by atoms with van der Waals surface area (Å²) in [5.74, 6) is -1.03. The molecule has 2 aromatic heterocycles. The summed E-state index contributed by atoms with van der Waals surface area (Å²) >= 11 is 0. The molecule has 0 aliphatic heterocycles. The standard InChI is InChI=1S/C20H19N3O2/c1-18(2)19(3)8-9-20(18,17(24)25)16-15(19)23-14-11-5-4-10-21-12(11)6-7-13(14)22-16/h4-7,10H,8-9H2,1-3H3,(H,24,25)/p-1/t19-,20+/m0/s1. The van der Waals surface area contributed by atoms with E-state index in [0.29, 0.717) is 17.6 Å². The summed E-state index contributed by atoms with van der Waals surface area (Å²) < 4.78 is 0. The van der Waals surface area contributed by atoms with Gasteiger partial charge < -0.3 is 9.90 Å². The number of benzene rings is 1. The van der Waals surface area contributed by atoms with Crippen LogP contribution in [0.25, 0.3) is 21.9 Å². The van der Waals surface area contributed by atoms with Crippen molar-refractivity contribution in [2.45, 2.75) is 44.4 Å². The van der Waals surface area contributed by atoms with Gasteiger partial charge in [-0.2, -0.15) is 0 Å². The number of aliphatic carboxylic acids is 1. The Morgan fingerprint density at radius 3 is 2.56 bits per heavy atom. The molecule has 0 radical (unpaired) electrons. The molecule has 5 rings (SSSR count). The quantitative estimate of drug-likeness (QED) is 0.639. The van der Waals surface area contributed by atoms with Gasteiger partial charge in [-0.1, -0.05) is 20.8 Å². The average Bonchev–Trinajstić information content (AvgIpc) is 2.89. The van der Waals surface area contributed by atoms with E-state index in [0.717, 1.165) is 28.5 Å². The molecule has 0 N–H and O–H groups in total. The van der Waals surface area contributed by atoms with Gasteiger partial charge in [0.25, 0.3) is 0 Å². The first-order valence-electron chi connectivity index (χ1n) is 8.61. The van der Waals surface area contributed by atoms with Crippen molar-refractivity contribution < 1.29 is 9.90 Å². The largest absolute Gasteiger partial charge is 0.549 e. The zero-order valence-corrected chi connectivity index (χ0v) is 14.5. The Morgan fingerprint density at radius 2 is 1.80 bits per heavy atom. The van der Waals surface area contributed by atoms with Crippen molar-refractivity contribution in [2.75, 3.05) is 0 Å². The smallest absolute Gasteiger partial charge is 0.0984 e. The number of rotatable bonds is 1. The first-order chi connectivity index (χ1) is 11.8. The number of aromatic nitrogens is 3. The molecule has 5 nitrogen and oxygen atoms in total. The summed E-state index contributed by atoms with van der Waals surface area (Å²) in [6.07, 6.45) is 3.10. The Kier molecular flexibility index (Phi) is 2.45. The molecule has 0 amide bonds. The van der Waals surface area contributed by atoms with Gasteiger partial charge >= 0.3 is 0 Å². The topological polar surface area (TPSA) is 78.8 Å². The van der Waals surface area contributed by atoms with Crippen LogP contribution in [-0.4, -0.2) is 20.9 Å². The van der Waals surface area contributed by atoms with Gasteiger partial charge in [-0.25, -0.2) is 9.97 Å². The molecule has 2 heterocycles. The van der Waals surface area contributed by atoms with Gasteiger partial charge in [0.05, 0.1) is 39.3 Å². The minimum Gasteiger partial charge on any atom is -0.549 e. The third kappa shape index (κ3) is 1.39. The van der Waals surface area contributed by atoms with Crippen LogP contribution in [0.4, 0.5) is 0 Å². The molecule has 0 saturated heterocycles. The first-order valence-corrected chi connectivity index (χ1v) is 8.61. The molecule has 1 fully saturated rings. The lowest BCUT2D eigenvalue weighted by molar-refractivity contribution is -0.317. The van der Waals surface area contributed by atoms with E-state index in [1.54, 1.807) is 6.20 Å².